The molecule has 0 radical (unpaired) electrons. The zero-order valence-corrected chi connectivity index (χ0v) is 58.7. The molecule has 1 amide bonds. The predicted molar refractivity (Wildman–Crippen MR) is 369 cm³/mol. The number of fused-ring (bicyclic) bond motifs is 3. The van der Waals surface area contributed by atoms with E-state index in [1.54, 1.807) is 0 Å². The Bertz CT molecular complexity index is 3390. The van der Waals surface area contributed by atoms with Gasteiger partial charge >= 0.3 is 12.2 Å². The van der Waals surface area contributed by atoms with Crippen LogP contribution in [-0.2, 0) is 92.7 Å². The summed E-state index contributed by atoms with van der Waals surface area (Å²) in [5.41, 5.74) is 8.03. The number of carbonyl (C=O) groups is 2. The van der Waals surface area contributed by atoms with Gasteiger partial charge in [0.25, 0.3) is 0 Å². The molecule has 5 aliphatic rings. The van der Waals surface area contributed by atoms with Gasteiger partial charge in [-0.1, -0.05) is 253 Å². The second-order valence-corrected chi connectivity index (χ2v) is 29.0. The highest BCUT2D eigenvalue weighted by molar-refractivity contribution is 6.67. The quantitative estimate of drug-likeness (QED) is 0.0365. The second-order valence-electron chi connectivity index (χ2n) is 26.5. The van der Waals surface area contributed by atoms with E-state index in [-0.39, 0.29) is 76.0 Å². The number of ether oxygens (including phenoxy) is 14. The molecular formula is C77H92Cl3NO17. The van der Waals surface area contributed by atoms with Gasteiger partial charge in [0.15, 0.2) is 31.3 Å². The van der Waals surface area contributed by atoms with E-state index in [9.17, 15) is 14.7 Å². The van der Waals surface area contributed by atoms with Crippen molar-refractivity contribution < 1.29 is 81.0 Å². The van der Waals surface area contributed by atoms with Crippen molar-refractivity contribution in [2.75, 3.05) is 33.0 Å². The van der Waals surface area contributed by atoms with Crippen LogP contribution in [0.5, 0.6) is 0 Å². The molecule has 4 fully saturated rings. The first-order valence-corrected chi connectivity index (χ1v) is 35.3. The van der Waals surface area contributed by atoms with E-state index < -0.39 is 127 Å². The highest BCUT2D eigenvalue weighted by atomic mass is 35.6. The van der Waals surface area contributed by atoms with Crippen LogP contribution >= 0.6 is 34.8 Å². The third kappa shape index (κ3) is 18.5. The monoisotopic (exact) mass is 1410 g/mol. The molecule has 4 saturated heterocycles. The number of amides is 1. The van der Waals surface area contributed by atoms with E-state index in [1.807, 2.05) is 173 Å². The van der Waals surface area contributed by atoms with Crippen LogP contribution in [0.4, 0.5) is 9.59 Å². The molecule has 2 N–H and O–H groups in total. The first-order valence-electron chi connectivity index (χ1n) is 34.2. The lowest BCUT2D eigenvalue weighted by atomic mass is 9.82. The number of nitrogens with one attached hydrogen (secondary N) is 1. The molecule has 11 rings (SSSR count). The first-order chi connectivity index (χ1) is 47.4. The molecule has 0 bridgehead atoms. The molecule has 6 aromatic rings. The van der Waals surface area contributed by atoms with Crippen molar-refractivity contribution in [2.45, 2.75) is 177 Å². The third-order valence-electron chi connectivity index (χ3n) is 20.0. The Morgan fingerprint density at radius 3 is 1.44 bits per heavy atom. The maximum absolute atomic E-state index is 14.2. The van der Waals surface area contributed by atoms with Gasteiger partial charge in [-0.05, 0) is 62.8 Å². The number of alkyl halides is 3. The van der Waals surface area contributed by atoms with Crippen LogP contribution in [0.2, 0.25) is 0 Å². The molecule has 0 saturated carbocycles. The molecule has 0 aromatic heterocycles. The first kappa shape index (κ1) is 73.5. The normalized spacial score (nSPS) is 31.0. The predicted octanol–water partition coefficient (Wildman–Crippen LogP) is 14.3. The fourth-order valence-corrected chi connectivity index (χ4v) is 14.2. The number of halogens is 3. The molecule has 4 heterocycles. The van der Waals surface area contributed by atoms with Crippen molar-refractivity contribution in [3.05, 3.63) is 203 Å². The molecule has 4 aliphatic heterocycles. The number of aliphatic hydroxyl groups is 1. The van der Waals surface area contributed by atoms with Gasteiger partial charge in [-0.15, -0.1) is 0 Å². The van der Waals surface area contributed by atoms with Crippen molar-refractivity contribution in [1.82, 2.24) is 5.32 Å². The molecule has 21 heteroatoms. The Kier molecular flexibility index (Phi) is 26.1. The summed E-state index contributed by atoms with van der Waals surface area (Å²) in [5.74, 6) is -2.35. The van der Waals surface area contributed by atoms with E-state index in [4.69, 9.17) is 101 Å². The van der Waals surface area contributed by atoms with Crippen molar-refractivity contribution in [3.8, 4) is 11.1 Å². The van der Waals surface area contributed by atoms with Crippen LogP contribution in [0.1, 0.15) is 94.2 Å². The average Bonchev–Trinajstić information content (AvgIpc) is 1.14. The van der Waals surface area contributed by atoms with Crippen molar-refractivity contribution in [1.29, 1.82) is 0 Å². The molecule has 18 nitrogen and oxygen atoms in total. The SMILES string of the molecule is CCC1O[C@H](O[C@@H]2C(OCc3ccccc3)[C@H](O[C@@H]3C(COCc4ccccc4)O[C@@H](O[C@@H]4C(COCc5ccccc5)O[C@@H](OCc5ccccc5)C(NC(=O)OCC(Cl)(Cl)Cl)[C@H]4C)C(C)[C@H]3C)OC(CO)[C@H]2C)C(OC(=O)OCC2c3ccccc3-c3ccccc32)[C@@H](C)[C@@H]1C. The Morgan fingerprint density at radius 2 is 0.898 bits per heavy atom. The summed E-state index contributed by atoms with van der Waals surface area (Å²) in [6.45, 7) is 14.2. The van der Waals surface area contributed by atoms with Crippen LogP contribution in [-0.4, -0.2) is 140 Å². The lowest BCUT2D eigenvalue weighted by molar-refractivity contribution is -0.376. The average molecular weight is 1410 g/mol. The minimum atomic E-state index is -1.87. The summed E-state index contributed by atoms with van der Waals surface area (Å²) in [4.78, 5) is 27.9. The zero-order chi connectivity index (χ0) is 68.9. The summed E-state index contributed by atoms with van der Waals surface area (Å²) in [6.07, 6.45) is -12.4. The highest BCUT2D eigenvalue weighted by Gasteiger charge is 2.55. The molecule has 1 aliphatic carbocycles. The lowest BCUT2D eigenvalue weighted by Crippen LogP contribution is -2.64. The smallest absolute Gasteiger partial charge is 0.445 e. The highest BCUT2D eigenvalue weighted by Crippen LogP contribution is 2.46. The molecule has 20 atom stereocenters. The number of carbonyl (C=O) groups excluding carboxylic acids is 2. The number of benzene rings is 6. The number of hydrogen-bond acceptors (Lipinski definition) is 17. The van der Waals surface area contributed by atoms with E-state index in [0.717, 1.165) is 44.5 Å². The van der Waals surface area contributed by atoms with Gasteiger partial charge in [-0.25, -0.2) is 9.59 Å². The molecule has 6 aromatic carbocycles. The number of rotatable bonds is 27. The lowest BCUT2D eigenvalue weighted by Gasteiger charge is -2.52. The molecular weight excluding hydrogens is 1320 g/mol. The Hall–Kier alpha value is -5.75. The van der Waals surface area contributed by atoms with Gasteiger partial charge in [0.1, 0.15) is 31.5 Å². The topological polar surface area (TPSA) is 196 Å². The zero-order valence-electron chi connectivity index (χ0n) is 56.5. The van der Waals surface area contributed by atoms with Crippen LogP contribution in [0.15, 0.2) is 170 Å². The Morgan fingerprint density at radius 1 is 0.449 bits per heavy atom. The summed E-state index contributed by atoms with van der Waals surface area (Å²) >= 11 is 18.1. The van der Waals surface area contributed by atoms with Crippen LogP contribution in [0, 0.1) is 35.5 Å². The van der Waals surface area contributed by atoms with E-state index in [1.165, 1.54) is 0 Å². The van der Waals surface area contributed by atoms with E-state index >= 15 is 0 Å². The summed E-state index contributed by atoms with van der Waals surface area (Å²) in [5, 5.41) is 14.3. The number of alkyl carbamates (subject to hydrolysis) is 1. The van der Waals surface area contributed by atoms with Gasteiger partial charge in [0.2, 0.25) is 3.79 Å². The third-order valence-corrected chi connectivity index (χ3v) is 20.3. The van der Waals surface area contributed by atoms with Gasteiger partial charge in [0, 0.05) is 29.6 Å². The van der Waals surface area contributed by atoms with Crippen molar-refractivity contribution >= 4 is 47.1 Å². The Labute approximate surface area is 590 Å². The summed E-state index contributed by atoms with van der Waals surface area (Å²) < 4.78 is 92.5. The number of aliphatic hydroxyl groups excluding tert-OH is 1. The standard InChI is InChI=1S/C77H92Cl3NO17/c1-8-61-46(2)47(3)69(98-76(84)89-42-60-58-35-23-21-33-56(58)57-34-22-24-36-59(57)60)73(91-61)97-68-50(6)62(37-82)92-74(70(68)87-40-54-29-17-11-18-30-54)96-66-48(4)49(5)71(93-63(66)43-85-38-52-25-13-9-14-26-52)95-67-51(7)65(81-75(83)90-45-77(78,79)80)72(88-41-55-31-19-12-20-32-55)94-64(67)44-86-39-53-27-15-10-16-28-53/h9-36,46-51,60-74,82H,8,37-45H2,1-7H3,(H,81,83)/t46-,47-,48+,49?,50+,51+,61?,62?,63?,64?,65?,66-,67-,68-,69?,70?,71-,72+,73+,74-/m0/s1. The second kappa shape index (κ2) is 34.7. The maximum Gasteiger partial charge on any atom is 0.508 e. The summed E-state index contributed by atoms with van der Waals surface area (Å²) in [6, 6.07) is 54.5. The van der Waals surface area contributed by atoms with Gasteiger partial charge in [0.05, 0.1) is 82.8 Å². The Balaban J connectivity index is 0.877. The molecule has 8 unspecified atom stereocenters. The van der Waals surface area contributed by atoms with Gasteiger partial charge < -0.3 is 76.7 Å². The minimum Gasteiger partial charge on any atom is -0.445 e. The van der Waals surface area contributed by atoms with Crippen LogP contribution < -0.4 is 5.32 Å². The van der Waals surface area contributed by atoms with Crippen molar-refractivity contribution in [3.63, 3.8) is 0 Å². The fourth-order valence-electron chi connectivity index (χ4n) is 14.1. The van der Waals surface area contributed by atoms with Crippen LogP contribution in [0.25, 0.3) is 11.1 Å². The molecule has 98 heavy (non-hydrogen) atoms. The van der Waals surface area contributed by atoms with Gasteiger partial charge in [-0.3, -0.25) is 0 Å². The van der Waals surface area contributed by atoms with Crippen molar-refractivity contribution in [2.24, 2.45) is 35.5 Å². The molecule has 528 valence electrons. The fraction of sp³-hybridized carbons (Fsp3) is 0.506. The van der Waals surface area contributed by atoms with Gasteiger partial charge in [-0.2, -0.15) is 0 Å². The minimum absolute atomic E-state index is 0.0345. The molecule has 0 spiro atoms. The van der Waals surface area contributed by atoms with E-state index in [0.29, 0.717) is 6.42 Å². The number of hydrogen-bond donors (Lipinski definition) is 2. The largest absolute Gasteiger partial charge is 0.508 e. The van der Waals surface area contributed by atoms with E-state index in [2.05, 4.69) is 50.4 Å². The van der Waals surface area contributed by atoms with Crippen LogP contribution in [0.3, 0.4) is 0 Å². The maximum atomic E-state index is 14.2. The summed E-state index contributed by atoms with van der Waals surface area (Å²) in [7, 11) is 0.